The fourth-order valence-electron chi connectivity index (χ4n) is 3.57. The van der Waals surface area contributed by atoms with Gasteiger partial charge in [0.25, 0.3) is 5.91 Å². The molecule has 0 aliphatic carbocycles. The summed E-state index contributed by atoms with van der Waals surface area (Å²) >= 11 is 0. The second-order valence-corrected chi connectivity index (χ2v) is 9.31. The zero-order valence-corrected chi connectivity index (χ0v) is 19.1. The number of carbonyl (C=O) groups is 2. The first-order valence-electron chi connectivity index (χ1n) is 10.1. The monoisotopic (exact) mass is 461 g/mol. The summed E-state index contributed by atoms with van der Waals surface area (Å²) in [6.07, 6.45) is 2.92. The van der Waals surface area contributed by atoms with Gasteiger partial charge in [-0.2, -0.15) is 0 Å². The van der Waals surface area contributed by atoms with E-state index in [1.165, 1.54) is 26.4 Å². The van der Waals surface area contributed by atoms with Crippen molar-refractivity contribution in [1.82, 2.24) is 4.90 Å². The Morgan fingerprint density at radius 1 is 1.03 bits per heavy atom. The van der Waals surface area contributed by atoms with Crippen LogP contribution in [0.2, 0.25) is 0 Å². The van der Waals surface area contributed by atoms with Crippen molar-refractivity contribution in [2.75, 3.05) is 49.7 Å². The van der Waals surface area contributed by atoms with Gasteiger partial charge in [0.1, 0.15) is 6.54 Å². The highest BCUT2D eigenvalue weighted by Crippen LogP contribution is 2.32. The highest BCUT2D eigenvalue weighted by atomic mass is 32.2. The number of likely N-dealkylation sites (tertiary alicyclic amines) is 1. The summed E-state index contributed by atoms with van der Waals surface area (Å²) in [5.74, 6) is 0.0364. The molecule has 1 heterocycles. The lowest BCUT2D eigenvalue weighted by molar-refractivity contribution is -0.114. The summed E-state index contributed by atoms with van der Waals surface area (Å²) in [4.78, 5) is 27.4. The van der Waals surface area contributed by atoms with E-state index in [0.29, 0.717) is 35.8 Å². The molecule has 32 heavy (non-hydrogen) atoms. The number of para-hydroxylation sites is 1. The van der Waals surface area contributed by atoms with Crippen LogP contribution in [0.1, 0.15) is 23.2 Å². The van der Waals surface area contributed by atoms with Crippen molar-refractivity contribution in [3.63, 3.8) is 0 Å². The maximum atomic E-state index is 12.8. The zero-order chi connectivity index (χ0) is 23.3. The van der Waals surface area contributed by atoms with Gasteiger partial charge in [-0.15, -0.1) is 0 Å². The van der Waals surface area contributed by atoms with Crippen LogP contribution in [0.5, 0.6) is 11.5 Å². The quantitative estimate of drug-likeness (QED) is 0.647. The lowest BCUT2D eigenvalue weighted by Gasteiger charge is -2.23. The molecule has 0 spiro atoms. The van der Waals surface area contributed by atoms with Crippen LogP contribution in [0.4, 0.5) is 11.4 Å². The van der Waals surface area contributed by atoms with Crippen LogP contribution >= 0.6 is 0 Å². The van der Waals surface area contributed by atoms with E-state index in [-0.39, 0.29) is 11.6 Å². The first-order chi connectivity index (χ1) is 15.2. The molecule has 1 saturated heterocycles. The Morgan fingerprint density at radius 3 is 2.31 bits per heavy atom. The fourth-order valence-corrected chi connectivity index (χ4v) is 4.42. The normalized spacial score (nSPS) is 13.5. The Labute approximate surface area is 188 Å². The molecule has 3 rings (SSSR count). The number of sulfonamides is 1. The number of nitrogens with one attached hydrogen (secondary N) is 1. The van der Waals surface area contributed by atoms with Gasteiger partial charge in [-0.25, -0.2) is 8.42 Å². The summed E-state index contributed by atoms with van der Waals surface area (Å²) in [5.41, 5.74) is 0.969. The molecule has 2 aromatic carbocycles. The number of methoxy groups -OCH3 is 2. The SMILES string of the molecule is COc1ccc(N(CC(=O)Nc2ccccc2C(=O)N2CCCC2)S(C)(=O)=O)cc1OC. The molecule has 0 saturated carbocycles. The van der Waals surface area contributed by atoms with Crippen LogP contribution in [0.3, 0.4) is 0 Å². The number of anilines is 2. The second-order valence-electron chi connectivity index (χ2n) is 7.40. The largest absolute Gasteiger partial charge is 0.493 e. The van der Waals surface area contributed by atoms with E-state index in [9.17, 15) is 18.0 Å². The van der Waals surface area contributed by atoms with Crippen molar-refractivity contribution in [2.45, 2.75) is 12.8 Å². The number of benzene rings is 2. The molecular weight excluding hydrogens is 434 g/mol. The minimum absolute atomic E-state index is 0.154. The third-order valence-electron chi connectivity index (χ3n) is 5.17. The third kappa shape index (κ3) is 5.31. The molecule has 2 amide bonds. The molecule has 1 fully saturated rings. The molecule has 0 bridgehead atoms. The number of carbonyl (C=O) groups excluding carboxylic acids is 2. The third-order valence-corrected chi connectivity index (χ3v) is 6.31. The number of nitrogens with zero attached hydrogens (tertiary/aromatic N) is 2. The Morgan fingerprint density at radius 2 is 1.69 bits per heavy atom. The molecule has 172 valence electrons. The Bertz CT molecular complexity index is 1100. The molecular formula is C22H27N3O6S. The molecule has 1 N–H and O–H groups in total. The second kappa shape index (κ2) is 9.90. The first kappa shape index (κ1) is 23.4. The smallest absolute Gasteiger partial charge is 0.255 e. The van der Waals surface area contributed by atoms with E-state index in [0.717, 1.165) is 23.4 Å². The molecule has 2 aromatic rings. The van der Waals surface area contributed by atoms with Crippen LogP contribution in [-0.4, -0.2) is 65.2 Å². The molecule has 1 aliphatic rings. The standard InChI is InChI=1S/C22H27N3O6S/c1-30-19-11-10-16(14-20(19)31-2)25(32(3,28)29)15-21(26)23-18-9-5-4-8-17(18)22(27)24-12-6-7-13-24/h4-5,8-11,14H,6-7,12-13,15H2,1-3H3,(H,23,26). The minimum Gasteiger partial charge on any atom is -0.493 e. The van der Waals surface area contributed by atoms with Gasteiger partial charge in [-0.3, -0.25) is 13.9 Å². The van der Waals surface area contributed by atoms with E-state index in [2.05, 4.69) is 5.32 Å². The topological polar surface area (TPSA) is 105 Å². The fraction of sp³-hybridized carbons (Fsp3) is 0.364. The first-order valence-corrected chi connectivity index (χ1v) is 12.0. The van der Waals surface area contributed by atoms with Gasteiger partial charge in [0.2, 0.25) is 15.9 Å². The maximum absolute atomic E-state index is 12.8. The van der Waals surface area contributed by atoms with Crippen molar-refractivity contribution in [3.8, 4) is 11.5 Å². The highest BCUT2D eigenvalue weighted by Gasteiger charge is 2.25. The lowest BCUT2D eigenvalue weighted by atomic mass is 10.1. The molecule has 0 radical (unpaired) electrons. The van der Waals surface area contributed by atoms with Crippen molar-refractivity contribution >= 4 is 33.2 Å². The van der Waals surface area contributed by atoms with Crippen LogP contribution in [0, 0.1) is 0 Å². The zero-order valence-electron chi connectivity index (χ0n) is 18.3. The van der Waals surface area contributed by atoms with E-state index in [4.69, 9.17) is 9.47 Å². The van der Waals surface area contributed by atoms with E-state index >= 15 is 0 Å². The number of amides is 2. The lowest BCUT2D eigenvalue weighted by Crippen LogP contribution is -2.38. The van der Waals surface area contributed by atoms with E-state index in [1.54, 1.807) is 35.2 Å². The van der Waals surface area contributed by atoms with Crippen LogP contribution in [-0.2, 0) is 14.8 Å². The van der Waals surface area contributed by atoms with Gasteiger partial charge in [0, 0.05) is 19.2 Å². The Kier molecular flexibility index (Phi) is 7.24. The highest BCUT2D eigenvalue weighted by molar-refractivity contribution is 7.92. The number of rotatable bonds is 8. The van der Waals surface area contributed by atoms with Crippen LogP contribution in [0.15, 0.2) is 42.5 Å². The number of hydrogen-bond acceptors (Lipinski definition) is 6. The average molecular weight is 462 g/mol. The summed E-state index contributed by atoms with van der Waals surface area (Å²) in [5, 5.41) is 2.69. The molecule has 1 aliphatic heterocycles. The minimum atomic E-state index is -3.79. The Hall–Kier alpha value is -3.27. The van der Waals surface area contributed by atoms with E-state index < -0.39 is 22.5 Å². The summed E-state index contributed by atoms with van der Waals surface area (Å²) in [7, 11) is -0.878. The van der Waals surface area contributed by atoms with Gasteiger partial charge in [0.05, 0.1) is 37.4 Å². The Balaban J connectivity index is 1.83. The maximum Gasteiger partial charge on any atom is 0.255 e. The summed E-state index contributed by atoms with van der Waals surface area (Å²) < 4.78 is 36.3. The molecule has 0 unspecified atom stereocenters. The van der Waals surface area contributed by atoms with Gasteiger partial charge >= 0.3 is 0 Å². The predicted octanol–water partition coefficient (Wildman–Crippen LogP) is 2.34. The van der Waals surface area contributed by atoms with Gasteiger partial charge < -0.3 is 19.7 Å². The number of ether oxygens (including phenoxy) is 2. The summed E-state index contributed by atoms with van der Waals surface area (Å²) in [6, 6.07) is 11.3. The van der Waals surface area contributed by atoms with Crippen molar-refractivity contribution in [2.24, 2.45) is 0 Å². The van der Waals surface area contributed by atoms with E-state index in [1.807, 2.05) is 0 Å². The number of hydrogen-bond donors (Lipinski definition) is 1. The van der Waals surface area contributed by atoms with Crippen LogP contribution in [0.25, 0.3) is 0 Å². The molecule has 0 atom stereocenters. The van der Waals surface area contributed by atoms with Crippen molar-refractivity contribution in [3.05, 3.63) is 48.0 Å². The molecule has 0 aromatic heterocycles. The molecule has 9 nitrogen and oxygen atoms in total. The van der Waals surface area contributed by atoms with Gasteiger partial charge in [-0.1, -0.05) is 12.1 Å². The predicted molar refractivity (Wildman–Crippen MR) is 122 cm³/mol. The van der Waals surface area contributed by atoms with Crippen molar-refractivity contribution < 1.29 is 27.5 Å². The van der Waals surface area contributed by atoms with Gasteiger partial charge in [-0.05, 0) is 37.1 Å². The van der Waals surface area contributed by atoms with Crippen LogP contribution < -0.4 is 19.1 Å². The average Bonchev–Trinajstić information content (AvgIpc) is 3.31. The summed E-state index contributed by atoms with van der Waals surface area (Å²) in [6.45, 7) is 0.894. The van der Waals surface area contributed by atoms with Gasteiger partial charge in [0.15, 0.2) is 11.5 Å². The van der Waals surface area contributed by atoms with Crippen molar-refractivity contribution in [1.29, 1.82) is 0 Å². The molecule has 10 heteroatoms.